The molecule has 0 atom stereocenters. The third-order valence-electron chi connectivity index (χ3n) is 2.89. The summed E-state index contributed by atoms with van der Waals surface area (Å²) < 4.78 is 7.23. The van der Waals surface area contributed by atoms with Gasteiger partial charge in [0.2, 0.25) is 0 Å². The van der Waals surface area contributed by atoms with Crippen LogP contribution in [-0.2, 0) is 6.54 Å². The maximum Gasteiger partial charge on any atom is 0.358 e. The topological polar surface area (TPSA) is 77.2 Å². The highest BCUT2D eigenvalue weighted by Gasteiger charge is 2.07. The first-order valence-corrected chi connectivity index (χ1v) is 6.40. The van der Waals surface area contributed by atoms with Crippen LogP contribution in [0.25, 0.3) is 0 Å². The van der Waals surface area contributed by atoms with Crippen LogP contribution < -0.4 is 4.74 Å². The Balaban J connectivity index is 1.81. The van der Waals surface area contributed by atoms with Gasteiger partial charge in [-0.05, 0) is 31.0 Å². The first-order valence-electron chi connectivity index (χ1n) is 6.40. The SMILES string of the molecule is Cc1ccc(C)c(OCCCn2cc(C(=O)O)nn2)c1. The standard InChI is InChI=1S/C14H17N3O3/c1-10-4-5-11(2)13(8-10)20-7-3-6-17-9-12(14(18)19)15-16-17/h4-5,8-9H,3,6-7H2,1-2H3,(H,18,19). The minimum atomic E-state index is -1.07. The summed E-state index contributed by atoms with van der Waals surface area (Å²) in [6.45, 7) is 5.15. The van der Waals surface area contributed by atoms with Crippen LogP contribution in [0, 0.1) is 13.8 Å². The van der Waals surface area contributed by atoms with Gasteiger partial charge in [-0.2, -0.15) is 0 Å². The molecule has 6 heteroatoms. The van der Waals surface area contributed by atoms with E-state index in [2.05, 4.69) is 10.3 Å². The lowest BCUT2D eigenvalue weighted by molar-refractivity contribution is 0.0690. The van der Waals surface area contributed by atoms with Gasteiger partial charge in [0.25, 0.3) is 0 Å². The molecule has 0 radical (unpaired) electrons. The number of hydrogen-bond acceptors (Lipinski definition) is 4. The normalized spacial score (nSPS) is 10.5. The van der Waals surface area contributed by atoms with Gasteiger partial charge in [0.15, 0.2) is 5.69 Å². The lowest BCUT2D eigenvalue weighted by Crippen LogP contribution is -2.06. The van der Waals surface area contributed by atoms with Crippen LogP contribution in [0.15, 0.2) is 24.4 Å². The van der Waals surface area contributed by atoms with Crippen molar-refractivity contribution in [2.24, 2.45) is 0 Å². The number of carboxylic acid groups (broad SMARTS) is 1. The molecule has 1 aromatic heterocycles. The van der Waals surface area contributed by atoms with Crippen molar-refractivity contribution in [1.29, 1.82) is 0 Å². The number of aryl methyl sites for hydroxylation is 3. The van der Waals surface area contributed by atoms with Crippen LogP contribution >= 0.6 is 0 Å². The Hall–Kier alpha value is -2.37. The zero-order chi connectivity index (χ0) is 14.5. The Morgan fingerprint density at radius 2 is 2.20 bits per heavy atom. The molecule has 1 heterocycles. The minimum absolute atomic E-state index is 0.0413. The first kappa shape index (κ1) is 14.0. The van der Waals surface area contributed by atoms with Gasteiger partial charge in [-0.15, -0.1) is 5.10 Å². The molecule has 0 unspecified atom stereocenters. The minimum Gasteiger partial charge on any atom is -0.493 e. The molecule has 0 aliphatic rings. The smallest absolute Gasteiger partial charge is 0.358 e. The van der Waals surface area contributed by atoms with Crippen molar-refractivity contribution in [2.45, 2.75) is 26.8 Å². The number of aromatic carboxylic acids is 1. The number of rotatable bonds is 6. The average molecular weight is 275 g/mol. The van der Waals surface area contributed by atoms with E-state index < -0.39 is 5.97 Å². The van der Waals surface area contributed by atoms with Gasteiger partial charge in [-0.1, -0.05) is 17.3 Å². The van der Waals surface area contributed by atoms with Crippen LogP contribution in [0.4, 0.5) is 0 Å². The molecule has 0 spiro atoms. The summed E-state index contributed by atoms with van der Waals surface area (Å²) in [5.74, 6) is -0.183. The van der Waals surface area contributed by atoms with E-state index in [0.29, 0.717) is 13.2 Å². The van der Waals surface area contributed by atoms with E-state index in [0.717, 1.165) is 23.3 Å². The molecule has 0 aliphatic heterocycles. The molecule has 2 rings (SSSR count). The van der Waals surface area contributed by atoms with E-state index in [4.69, 9.17) is 9.84 Å². The fraction of sp³-hybridized carbons (Fsp3) is 0.357. The second kappa shape index (κ2) is 6.18. The Morgan fingerprint density at radius 1 is 1.40 bits per heavy atom. The molecular weight excluding hydrogens is 258 g/mol. The number of aromatic nitrogens is 3. The van der Waals surface area contributed by atoms with Crippen molar-refractivity contribution in [3.63, 3.8) is 0 Å². The molecule has 0 amide bonds. The third-order valence-corrected chi connectivity index (χ3v) is 2.89. The van der Waals surface area contributed by atoms with Gasteiger partial charge in [0.05, 0.1) is 12.8 Å². The van der Waals surface area contributed by atoms with Gasteiger partial charge in [-0.3, -0.25) is 4.68 Å². The first-order chi connectivity index (χ1) is 9.56. The van der Waals surface area contributed by atoms with Crippen LogP contribution in [0.1, 0.15) is 28.0 Å². The van der Waals surface area contributed by atoms with Crippen molar-refractivity contribution < 1.29 is 14.6 Å². The van der Waals surface area contributed by atoms with Crippen molar-refractivity contribution in [1.82, 2.24) is 15.0 Å². The van der Waals surface area contributed by atoms with E-state index in [-0.39, 0.29) is 5.69 Å². The lowest BCUT2D eigenvalue weighted by atomic mass is 10.1. The van der Waals surface area contributed by atoms with Crippen LogP contribution in [-0.4, -0.2) is 32.7 Å². The number of hydrogen-bond donors (Lipinski definition) is 1. The maximum absolute atomic E-state index is 10.7. The Bertz CT molecular complexity index is 607. The summed E-state index contributed by atoms with van der Waals surface area (Å²) in [6, 6.07) is 6.08. The summed E-state index contributed by atoms with van der Waals surface area (Å²) in [5.41, 5.74) is 2.22. The number of ether oxygens (including phenoxy) is 1. The molecule has 0 aliphatic carbocycles. The predicted octanol–water partition coefficient (Wildman–Crippen LogP) is 2.06. The van der Waals surface area contributed by atoms with E-state index in [1.165, 1.54) is 10.9 Å². The molecule has 2 aromatic rings. The summed E-state index contributed by atoms with van der Waals surface area (Å²) in [5, 5.41) is 16.0. The monoisotopic (exact) mass is 275 g/mol. The molecule has 0 saturated carbocycles. The molecule has 6 nitrogen and oxygen atoms in total. The zero-order valence-corrected chi connectivity index (χ0v) is 11.5. The average Bonchev–Trinajstić information content (AvgIpc) is 2.87. The van der Waals surface area contributed by atoms with Gasteiger partial charge in [-0.25, -0.2) is 4.79 Å². The number of carboxylic acids is 1. The number of nitrogens with zero attached hydrogens (tertiary/aromatic N) is 3. The molecule has 1 aromatic carbocycles. The van der Waals surface area contributed by atoms with Crippen molar-refractivity contribution in [3.8, 4) is 5.75 Å². The predicted molar refractivity (Wildman–Crippen MR) is 73.0 cm³/mol. The molecule has 0 saturated heterocycles. The third kappa shape index (κ3) is 3.57. The van der Waals surface area contributed by atoms with Crippen molar-refractivity contribution in [2.75, 3.05) is 6.61 Å². The highest BCUT2D eigenvalue weighted by Crippen LogP contribution is 2.19. The summed E-state index contributed by atoms with van der Waals surface area (Å²) in [6.07, 6.45) is 2.15. The van der Waals surface area contributed by atoms with Gasteiger partial charge in [0.1, 0.15) is 5.75 Å². The summed E-state index contributed by atoms with van der Waals surface area (Å²) >= 11 is 0. The molecule has 106 valence electrons. The van der Waals surface area contributed by atoms with Crippen LogP contribution in [0.2, 0.25) is 0 Å². The van der Waals surface area contributed by atoms with Gasteiger partial charge in [0, 0.05) is 13.0 Å². The van der Waals surface area contributed by atoms with E-state index in [1.807, 2.05) is 32.0 Å². The Kier molecular flexibility index (Phi) is 4.34. The quantitative estimate of drug-likeness (QED) is 0.816. The molecule has 0 bridgehead atoms. The maximum atomic E-state index is 10.7. The molecule has 1 N–H and O–H groups in total. The second-order valence-electron chi connectivity index (χ2n) is 4.64. The zero-order valence-electron chi connectivity index (χ0n) is 11.5. The molecule has 0 fully saturated rings. The van der Waals surface area contributed by atoms with E-state index in [1.54, 1.807) is 0 Å². The largest absolute Gasteiger partial charge is 0.493 e. The van der Waals surface area contributed by atoms with E-state index in [9.17, 15) is 4.79 Å². The molecule has 20 heavy (non-hydrogen) atoms. The number of carbonyl (C=O) groups is 1. The number of benzene rings is 1. The van der Waals surface area contributed by atoms with E-state index >= 15 is 0 Å². The molecular formula is C14H17N3O3. The Morgan fingerprint density at radius 3 is 2.90 bits per heavy atom. The summed E-state index contributed by atoms with van der Waals surface area (Å²) in [7, 11) is 0. The van der Waals surface area contributed by atoms with Crippen LogP contribution in [0.3, 0.4) is 0 Å². The highest BCUT2D eigenvalue weighted by atomic mass is 16.5. The van der Waals surface area contributed by atoms with Gasteiger partial charge >= 0.3 is 5.97 Å². The fourth-order valence-corrected chi connectivity index (χ4v) is 1.78. The van der Waals surface area contributed by atoms with Gasteiger partial charge < -0.3 is 9.84 Å². The van der Waals surface area contributed by atoms with Crippen molar-refractivity contribution in [3.05, 3.63) is 41.2 Å². The second-order valence-corrected chi connectivity index (χ2v) is 4.64. The van der Waals surface area contributed by atoms with Crippen LogP contribution in [0.5, 0.6) is 5.75 Å². The summed E-state index contributed by atoms with van der Waals surface area (Å²) in [4.78, 5) is 10.7. The highest BCUT2D eigenvalue weighted by molar-refractivity contribution is 5.84. The van der Waals surface area contributed by atoms with Crippen molar-refractivity contribution >= 4 is 5.97 Å². The fourth-order valence-electron chi connectivity index (χ4n) is 1.78. The Labute approximate surface area is 117 Å². The lowest BCUT2D eigenvalue weighted by Gasteiger charge is -2.09.